The van der Waals surface area contributed by atoms with Gasteiger partial charge >= 0.3 is 0 Å². The van der Waals surface area contributed by atoms with Crippen molar-refractivity contribution in [3.8, 4) is 0 Å². The third-order valence-corrected chi connectivity index (χ3v) is 4.87. The highest BCUT2D eigenvalue weighted by molar-refractivity contribution is 6.28. The van der Waals surface area contributed by atoms with Crippen molar-refractivity contribution in [1.82, 2.24) is 5.06 Å². The first-order chi connectivity index (χ1) is 14.1. The van der Waals surface area contributed by atoms with E-state index in [0.29, 0.717) is 5.56 Å². The lowest BCUT2D eigenvalue weighted by atomic mass is 10.0. The number of amides is 2. The molecule has 3 aromatic carbocycles. The van der Waals surface area contributed by atoms with E-state index >= 15 is 0 Å². The summed E-state index contributed by atoms with van der Waals surface area (Å²) < 4.78 is 0. The number of nitrogens with one attached hydrogen (secondary N) is 1. The summed E-state index contributed by atoms with van der Waals surface area (Å²) in [6.45, 7) is 0.812. The second-order valence-corrected chi connectivity index (χ2v) is 6.81. The SMILES string of the molecule is O=C(C(=Cc1ccccc1)c1ccccc1)N(O)C(=O)c1ccc2c(c1)CCN2. The van der Waals surface area contributed by atoms with E-state index in [1.165, 1.54) is 0 Å². The van der Waals surface area contributed by atoms with Crippen molar-refractivity contribution in [3.63, 3.8) is 0 Å². The van der Waals surface area contributed by atoms with Gasteiger partial charge in [0.25, 0.3) is 11.8 Å². The molecule has 0 unspecified atom stereocenters. The van der Waals surface area contributed by atoms with E-state index in [2.05, 4.69) is 5.32 Å². The van der Waals surface area contributed by atoms with E-state index in [-0.39, 0.29) is 16.2 Å². The maximum atomic E-state index is 13.1. The predicted molar refractivity (Wildman–Crippen MR) is 112 cm³/mol. The minimum absolute atomic E-state index is 0.200. The van der Waals surface area contributed by atoms with Gasteiger partial charge in [0, 0.05) is 17.8 Å². The summed E-state index contributed by atoms with van der Waals surface area (Å²) in [6, 6.07) is 23.4. The van der Waals surface area contributed by atoms with Crippen molar-refractivity contribution >= 4 is 29.2 Å². The average Bonchev–Trinajstić information content (AvgIpc) is 3.25. The molecule has 2 N–H and O–H groups in total. The summed E-state index contributed by atoms with van der Waals surface area (Å²) in [5, 5.41) is 13.9. The summed E-state index contributed by atoms with van der Waals surface area (Å²) in [5.41, 5.74) is 3.90. The van der Waals surface area contributed by atoms with Gasteiger partial charge in [-0.05, 0) is 47.4 Å². The molecular formula is C24H20N2O3. The van der Waals surface area contributed by atoms with Gasteiger partial charge in [-0.2, -0.15) is 0 Å². The molecule has 0 aliphatic carbocycles. The number of benzene rings is 3. The molecule has 5 nitrogen and oxygen atoms in total. The maximum absolute atomic E-state index is 13.1. The van der Waals surface area contributed by atoms with Crippen LogP contribution < -0.4 is 5.32 Å². The van der Waals surface area contributed by atoms with Crippen LogP contribution in [0.4, 0.5) is 5.69 Å². The Morgan fingerprint density at radius 1 is 0.897 bits per heavy atom. The van der Waals surface area contributed by atoms with Crippen molar-refractivity contribution in [2.24, 2.45) is 0 Å². The smallest absolute Gasteiger partial charge is 0.285 e. The fourth-order valence-electron chi connectivity index (χ4n) is 3.37. The zero-order valence-corrected chi connectivity index (χ0v) is 15.7. The summed E-state index contributed by atoms with van der Waals surface area (Å²) >= 11 is 0. The number of hydrogen-bond donors (Lipinski definition) is 2. The molecule has 0 saturated carbocycles. The predicted octanol–water partition coefficient (Wildman–Crippen LogP) is 4.25. The third-order valence-electron chi connectivity index (χ3n) is 4.87. The van der Waals surface area contributed by atoms with Gasteiger partial charge in [-0.1, -0.05) is 60.7 Å². The van der Waals surface area contributed by atoms with Gasteiger partial charge in [-0.25, -0.2) is 0 Å². The number of anilines is 1. The lowest BCUT2D eigenvalue weighted by Crippen LogP contribution is -2.34. The van der Waals surface area contributed by atoms with Gasteiger partial charge < -0.3 is 5.32 Å². The first-order valence-electron chi connectivity index (χ1n) is 9.40. The molecule has 0 bridgehead atoms. The fraction of sp³-hybridized carbons (Fsp3) is 0.0833. The minimum Gasteiger partial charge on any atom is -0.384 e. The van der Waals surface area contributed by atoms with Gasteiger partial charge in [-0.3, -0.25) is 14.8 Å². The monoisotopic (exact) mass is 384 g/mol. The van der Waals surface area contributed by atoms with Gasteiger partial charge in [0.1, 0.15) is 0 Å². The quantitative estimate of drug-likeness (QED) is 0.305. The van der Waals surface area contributed by atoms with Crippen molar-refractivity contribution in [3.05, 3.63) is 101 Å². The summed E-state index contributed by atoms with van der Waals surface area (Å²) in [4.78, 5) is 25.9. The molecule has 5 heteroatoms. The second kappa shape index (κ2) is 8.12. The normalized spacial score (nSPS) is 12.8. The molecule has 0 aromatic heterocycles. The summed E-state index contributed by atoms with van der Waals surface area (Å²) in [5.74, 6) is -1.52. The highest BCUT2D eigenvalue weighted by Gasteiger charge is 2.26. The van der Waals surface area contributed by atoms with Gasteiger partial charge in [0.2, 0.25) is 0 Å². The molecule has 1 heterocycles. The minimum atomic E-state index is -0.774. The number of carbonyl (C=O) groups excluding carboxylic acids is 2. The number of nitrogens with zero attached hydrogens (tertiary/aromatic N) is 1. The third kappa shape index (κ3) is 3.95. The standard InChI is InChI=1S/C24H20N2O3/c27-23(20-11-12-22-19(16-20)13-14-25-22)26(29)24(28)21(18-9-5-2-6-10-18)15-17-7-3-1-4-8-17/h1-12,15-16,25,29H,13-14H2. The Kier molecular flexibility index (Phi) is 5.22. The summed E-state index contributed by atoms with van der Waals surface area (Å²) in [6.07, 6.45) is 2.47. The summed E-state index contributed by atoms with van der Waals surface area (Å²) in [7, 11) is 0. The Balaban J connectivity index is 1.67. The molecule has 144 valence electrons. The topological polar surface area (TPSA) is 69.6 Å². The lowest BCUT2D eigenvalue weighted by Gasteiger charge is -2.16. The maximum Gasteiger partial charge on any atom is 0.285 e. The molecule has 3 aromatic rings. The van der Waals surface area contributed by atoms with Crippen molar-refractivity contribution < 1.29 is 14.8 Å². The molecule has 1 aliphatic heterocycles. The molecule has 29 heavy (non-hydrogen) atoms. The van der Waals surface area contributed by atoms with Gasteiger partial charge in [0.05, 0.1) is 5.57 Å². The van der Waals surface area contributed by atoms with Crippen LogP contribution in [0, 0.1) is 0 Å². The molecule has 0 radical (unpaired) electrons. The molecule has 4 rings (SSSR count). The van der Waals surface area contributed by atoms with E-state index < -0.39 is 11.8 Å². The van der Waals surface area contributed by atoms with E-state index in [1.54, 1.807) is 48.5 Å². The van der Waals surface area contributed by atoms with Crippen molar-refractivity contribution in [1.29, 1.82) is 0 Å². The number of carbonyl (C=O) groups is 2. The number of fused-ring (bicyclic) bond motifs is 1. The Bertz CT molecular complexity index is 1080. The van der Waals surface area contributed by atoms with Gasteiger partial charge in [-0.15, -0.1) is 5.06 Å². The zero-order chi connectivity index (χ0) is 20.2. The van der Waals surface area contributed by atoms with E-state index in [0.717, 1.165) is 29.8 Å². The Morgan fingerprint density at radius 2 is 1.59 bits per heavy atom. The molecular weight excluding hydrogens is 364 g/mol. The highest BCUT2D eigenvalue weighted by Crippen LogP contribution is 2.25. The number of hydroxylamine groups is 2. The second-order valence-electron chi connectivity index (χ2n) is 6.81. The molecule has 1 aliphatic rings. The average molecular weight is 384 g/mol. The Labute approximate surface area is 168 Å². The fourth-order valence-corrected chi connectivity index (χ4v) is 3.37. The molecule has 2 amide bonds. The number of rotatable bonds is 4. The molecule has 0 saturated heterocycles. The first kappa shape index (κ1) is 18.7. The number of imide groups is 1. The zero-order valence-electron chi connectivity index (χ0n) is 15.7. The van der Waals surface area contributed by atoms with Crippen LogP contribution in [0.1, 0.15) is 27.0 Å². The van der Waals surface area contributed by atoms with Crippen LogP contribution in [0.5, 0.6) is 0 Å². The van der Waals surface area contributed by atoms with Gasteiger partial charge in [0.15, 0.2) is 0 Å². The van der Waals surface area contributed by atoms with Crippen LogP contribution >= 0.6 is 0 Å². The van der Waals surface area contributed by atoms with Crippen LogP contribution in [0.25, 0.3) is 11.6 Å². The Morgan fingerprint density at radius 3 is 2.31 bits per heavy atom. The lowest BCUT2D eigenvalue weighted by molar-refractivity contribution is -0.146. The van der Waals surface area contributed by atoms with Crippen molar-refractivity contribution in [2.45, 2.75) is 6.42 Å². The van der Waals surface area contributed by atoms with Crippen LogP contribution in [-0.4, -0.2) is 28.6 Å². The van der Waals surface area contributed by atoms with E-state index in [9.17, 15) is 14.8 Å². The van der Waals surface area contributed by atoms with Crippen LogP contribution in [0.15, 0.2) is 78.9 Å². The van der Waals surface area contributed by atoms with Crippen LogP contribution in [0.3, 0.4) is 0 Å². The highest BCUT2D eigenvalue weighted by atomic mass is 16.5. The molecule has 0 fully saturated rings. The molecule has 0 atom stereocenters. The van der Waals surface area contributed by atoms with Crippen LogP contribution in [-0.2, 0) is 11.2 Å². The van der Waals surface area contributed by atoms with E-state index in [1.807, 2.05) is 36.4 Å². The molecule has 0 spiro atoms. The van der Waals surface area contributed by atoms with Crippen molar-refractivity contribution in [2.75, 3.05) is 11.9 Å². The van der Waals surface area contributed by atoms with Crippen LogP contribution in [0.2, 0.25) is 0 Å². The largest absolute Gasteiger partial charge is 0.384 e. The van der Waals surface area contributed by atoms with E-state index in [4.69, 9.17) is 0 Å². The number of hydrogen-bond acceptors (Lipinski definition) is 4. The Hall–Kier alpha value is -3.70. The first-order valence-corrected chi connectivity index (χ1v) is 9.40.